The molecule has 7 heteroatoms. The minimum absolute atomic E-state index is 0.116. The van der Waals surface area contributed by atoms with Gasteiger partial charge in [-0.25, -0.2) is 13.1 Å². The Morgan fingerprint density at radius 2 is 1.72 bits per heavy atom. The maximum atomic E-state index is 12.9. The summed E-state index contributed by atoms with van der Waals surface area (Å²) in [6, 6.07) is 16.6. The Morgan fingerprint density at radius 3 is 2.41 bits per heavy atom. The Bertz CT molecular complexity index is 908. The highest BCUT2D eigenvalue weighted by Gasteiger charge is 2.23. The Kier molecular flexibility index (Phi) is 7.41. The van der Waals surface area contributed by atoms with Crippen molar-refractivity contribution in [3.05, 3.63) is 65.7 Å². The summed E-state index contributed by atoms with van der Waals surface area (Å²) < 4.78 is 27.5. The van der Waals surface area contributed by atoms with Gasteiger partial charge in [-0.2, -0.15) is 0 Å². The topological polar surface area (TPSA) is 69.7 Å². The first-order valence-electron chi connectivity index (χ1n) is 10.1. The van der Waals surface area contributed by atoms with Crippen LogP contribution in [0.15, 0.2) is 59.5 Å². The second-order valence-corrected chi connectivity index (χ2v) is 9.10. The van der Waals surface area contributed by atoms with Crippen molar-refractivity contribution in [1.29, 1.82) is 0 Å². The third-order valence-corrected chi connectivity index (χ3v) is 6.58. The van der Waals surface area contributed by atoms with Gasteiger partial charge in [0, 0.05) is 44.8 Å². The van der Waals surface area contributed by atoms with Gasteiger partial charge in [0.25, 0.3) is 5.91 Å². The highest BCUT2D eigenvalue weighted by atomic mass is 32.2. The van der Waals surface area contributed by atoms with E-state index in [1.807, 2.05) is 25.1 Å². The molecule has 2 aromatic carbocycles. The summed E-state index contributed by atoms with van der Waals surface area (Å²) in [6.07, 6.45) is 1.70. The maximum absolute atomic E-state index is 12.9. The Balaban J connectivity index is 1.60. The number of hydrogen-bond acceptors (Lipinski definition) is 4. The Hall–Kier alpha value is -2.22. The molecule has 1 fully saturated rings. The minimum atomic E-state index is -3.59. The normalized spacial score (nSPS) is 15.4. The maximum Gasteiger partial charge on any atom is 0.253 e. The van der Waals surface area contributed by atoms with Gasteiger partial charge in [-0.05, 0) is 30.2 Å². The van der Waals surface area contributed by atoms with Gasteiger partial charge in [-0.1, -0.05) is 49.7 Å². The zero-order valence-corrected chi connectivity index (χ0v) is 17.7. The van der Waals surface area contributed by atoms with E-state index in [2.05, 4.69) is 21.8 Å². The van der Waals surface area contributed by atoms with Gasteiger partial charge in [0.1, 0.15) is 0 Å². The van der Waals surface area contributed by atoms with E-state index < -0.39 is 10.0 Å². The molecular formula is C22H29N3O3S. The van der Waals surface area contributed by atoms with Crippen molar-refractivity contribution in [2.45, 2.75) is 31.2 Å². The third kappa shape index (κ3) is 5.88. The number of hydrogen-bond donors (Lipinski definition) is 1. The van der Waals surface area contributed by atoms with Gasteiger partial charge in [-0.15, -0.1) is 0 Å². The van der Waals surface area contributed by atoms with Crippen molar-refractivity contribution < 1.29 is 13.2 Å². The van der Waals surface area contributed by atoms with E-state index >= 15 is 0 Å². The van der Waals surface area contributed by atoms with Crippen molar-refractivity contribution in [3.63, 3.8) is 0 Å². The van der Waals surface area contributed by atoms with E-state index in [0.29, 0.717) is 25.2 Å². The molecule has 29 heavy (non-hydrogen) atoms. The number of benzene rings is 2. The molecule has 3 rings (SSSR count). The molecule has 1 saturated heterocycles. The SMILES string of the molecule is CCCCNS(=O)(=O)c1cccc(C(=O)N2CCN(Cc3ccccc3)CC2)c1. The monoisotopic (exact) mass is 415 g/mol. The van der Waals surface area contributed by atoms with Crippen LogP contribution in [-0.4, -0.2) is 56.8 Å². The molecule has 1 aliphatic rings. The number of nitrogens with one attached hydrogen (secondary N) is 1. The lowest BCUT2D eigenvalue weighted by atomic mass is 10.1. The molecule has 1 amide bonds. The molecule has 6 nitrogen and oxygen atoms in total. The van der Waals surface area contributed by atoms with Gasteiger partial charge >= 0.3 is 0 Å². The second kappa shape index (κ2) is 10.0. The quantitative estimate of drug-likeness (QED) is 0.673. The van der Waals surface area contributed by atoms with E-state index in [4.69, 9.17) is 0 Å². The van der Waals surface area contributed by atoms with Crippen molar-refractivity contribution in [1.82, 2.24) is 14.5 Å². The smallest absolute Gasteiger partial charge is 0.253 e. The lowest BCUT2D eigenvalue weighted by molar-refractivity contribution is 0.0628. The standard InChI is InChI=1S/C22H29N3O3S/c1-2-3-12-23-29(27,28)21-11-7-10-20(17-21)22(26)25-15-13-24(14-16-25)18-19-8-5-4-6-9-19/h4-11,17,23H,2-3,12-16,18H2,1H3. The van der Waals surface area contributed by atoms with Gasteiger partial charge in [-0.3, -0.25) is 9.69 Å². The molecule has 1 N–H and O–H groups in total. The number of amides is 1. The van der Waals surface area contributed by atoms with Crippen LogP contribution < -0.4 is 4.72 Å². The molecule has 0 atom stereocenters. The molecular weight excluding hydrogens is 386 g/mol. The highest BCUT2D eigenvalue weighted by Crippen LogP contribution is 2.15. The number of nitrogens with zero attached hydrogens (tertiary/aromatic N) is 2. The predicted molar refractivity (Wildman–Crippen MR) is 114 cm³/mol. The van der Waals surface area contributed by atoms with Crippen LogP contribution in [0.2, 0.25) is 0 Å². The van der Waals surface area contributed by atoms with Crippen LogP contribution in [0.4, 0.5) is 0 Å². The second-order valence-electron chi connectivity index (χ2n) is 7.33. The molecule has 0 aromatic heterocycles. The van der Waals surface area contributed by atoms with Crippen molar-refractivity contribution >= 4 is 15.9 Å². The van der Waals surface area contributed by atoms with E-state index in [-0.39, 0.29) is 10.8 Å². The summed E-state index contributed by atoms with van der Waals surface area (Å²) in [6.45, 7) is 6.16. The minimum Gasteiger partial charge on any atom is -0.336 e. The van der Waals surface area contributed by atoms with Crippen LogP contribution in [-0.2, 0) is 16.6 Å². The fraction of sp³-hybridized carbons (Fsp3) is 0.409. The van der Waals surface area contributed by atoms with E-state index in [1.165, 1.54) is 17.7 Å². The molecule has 0 saturated carbocycles. The Morgan fingerprint density at radius 1 is 1.00 bits per heavy atom. The van der Waals surface area contributed by atoms with Gasteiger partial charge < -0.3 is 4.90 Å². The summed E-state index contributed by atoms with van der Waals surface area (Å²) in [5, 5.41) is 0. The number of unbranched alkanes of at least 4 members (excludes halogenated alkanes) is 1. The zero-order chi connectivity index (χ0) is 20.7. The number of carbonyl (C=O) groups excluding carboxylic acids is 1. The highest BCUT2D eigenvalue weighted by molar-refractivity contribution is 7.89. The van der Waals surface area contributed by atoms with Crippen LogP contribution in [0, 0.1) is 0 Å². The van der Waals surface area contributed by atoms with Crippen molar-refractivity contribution in [2.24, 2.45) is 0 Å². The molecule has 0 aliphatic carbocycles. The van der Waals surface area contributed by atoms with E-state index in [1.54, 1.807) is 17.0 Å². The summed E-state index contributed by atoms with van der Waals surface area (Å²) in [7, 11) is -3.59. The van der Waals surface area contributed by atoms with Gasteiger partial charge in [0.15, 0.2) is 0 Å². The fourth-order valence-corrected chi connectivity index (χ4v) is 4.52. The van der Waals surface area contributed by atoms with Gasteiger partial charge in [0.2, 0.25) is 10.0 Å². The van der Waals surface area contributed by atoms with E-state index in [0.717, 1.165) is 32.5 Å². The molecule has 1 aliphatic heterocycles. The number of piperazine rings is 1. The van der Waals surface area contributed by atoms with Crippen LogP contribution in [0.25, 0.3) is 0 Å². The van der Waals surface area contributed by atoms with E-state index in [9.17, 15) is 13.2 Å². The first kappa shape index (κ1) is 21.5. The van der Waals surface area contributed by atoms with Crippen LogP contribution in [0.5, 0.6) is 0 Å². The largest absolute Gasteiger partial charge is 0.336 e. The van der Waals surface area contributed by atoms with Crippen molar-refractivity contribution in [3.8, 4) is 0 Å². The van der Waals surface area contributed by atoms with Crippen LogP contribution in [0.3, 0.4) is 0 Å². The molecule has 156 valence electrons. The number of sulfonamides is 1. The van der Waals surface area contributed by atoms with Gasteiger partial charge in [0.05, 0.1) is 4.90 Å². The molecule has 0 spiro atoms. The average molecular weight is 416 g/mol. The molecule has 0 radical (unpaired) electrons. The first-order valence-corrected chi connectivity index (χ1v) is 11.6. The summed E-state index contributed by atoms with van der Waals surface area (Å²) in [4.78, 5) is 17.2. The zero-order valence-electron chi connectivity index (χ0n) is 16.9. The molecule has 1 heterocycles. The number of rotatable bonds is 8. The van der Waals surface area contributed by atoms with Crippen LogP contribution in [0.1, 0.15) is 35.7 Å². The third-order valence-electron chi connectivity index (χ3n) is 5.12. The Labute approximate surface area is 173 Å². The molecule has 0 unspecified atom stereocenters. The summed E-state index contributed by atoms with van der Waals surface area (Å²) in [5.41, 5.74) is 1.68. The predicted octanol–water partition coefficient (Wildman–Crippen LogP) is 2.72. The lowest BCUT2D eigenvalue weighted by Crippen LogP contribution is -2.48. The summed E-state index contributed by atoms with van der Waals surface area (Å²) >= 11 is 0. The van der Waals surface area contributed by atoms with Crippen molar-refractivity contribution in [2.75, 3.05) is 32.7 Å². The van der Waals surface area contributed by atoms with Crippen LogP contribution >= 0.6 is 0 Å². The lowest BCUT2D eigenvalue weighted by Gasteiger charge is -2.34. The first-order chi connectivity index (χ1) is 14.0. The fourth-order valence-electron chi connectivity index (χ4n) is 3.40. The average Bonchev–Trinajstić information content (AvgIpc) is 2.75. The number of carbonyl (C=O) groups is 1. The molecule has 0 bridgehead atoms. The summed E-state index contributed by atoms with van der Waals surface area (Å²) in [5.74, 6) is -0.116. The molecule has 2 aromatic rings.